The van der Waals surface area contributed by atoms with E-state index in [-0.39, 0.29) is 31.0 Å². The van der Waals surface area contributed by atoms with Gasteiger partial charge in [0, 0.05) is 31.5 Å². The Hall–Kier alpha value is -2.47. The molecule has 0 radical (unpaired) electrons. The van der Waals surface area contributed by atoms with E-state index >= 15 is 0 Å². The summed E-state index contributed by atoms with van der Waals surface area (Å²) in [6, 6.07) is 9.93. The van der Waals surface area contributed by atoms with Gasteiger partial charge in [0.2, 0.25) is 0 Å². The van der Waals surface area contributed by atoms with Crippen molar-refractivity contribution in [1.29, 1.82) is 0 Å². The summed E-state index contributed by atoms with van der Waals surface area (Å²) in [4.78, 5) is 14.3. The lowest BCUT2D eigenvalue weighted by Crippen LogP contribution is -2.34. The van der Waals surface area contributed by atoms with Gasteiger partial charge in [-0.05, 0) is 18.2 Å². The van der Waals surface area contributed by atoms with Gasteiger partial charge in [-0.25, -0.2) is 4.98 Å². The number of pyridine rings is 1. The number of rotatable bonds is 5. The van der Waals surface area contributed by atoms with Crippen LogP contribution >= 0.6 is 11.6 Å². The van der Waals surface area contributed by atoms with Crippen molar-refractivity contribution in [1.82, 2.24) is 15.0 Å². The fourth-order valence-corrected chi connectivity index (χ4v) is 5.13. The van der Waals surface area contributed by atoms with Crippen LogP contribution in [0.3, 0.4) is 0 Å². The first-order chi connectivity index (χ1) is 16.5. The number of aliphatic hydroxyl groups is 2. The number of H-pyrrole nitrogens is 1. The average Bonchev–Trinajstić information content (AvgIpc) is 3.59. The fourth-order valence-electron chi connectivity index (χ4n) is 4.87. The molecule has 2 aromatic heterocycles. The van der Waals surface area contributed by atoms with E-state index in [9.17, 15) is 10.2 Å². The normalized spacial score (nSPS) is 30.9. The summed E-state index contributed by atoms with van der Waals surface area (Å²) < 4.78 is 22.5. The topological polar surface area (TPSA) is 122 Å². The standard InChI is InChI=1S/C23H25ClN4O6/c1-31-17-8-28(7-15(17)29)12-4-2-11(3-5-12)19-13(24)6-14-22(26-19)27-23(25-14)34-18-10-33-20-16(30)9-32-21(18)20/h2-6,15-18,20-21,29-30H,7-10H2,1H3,(H,25,26,27)/t15-,16+,17-,18+,20?,21+/m0/s1. The second-order valence-corrected chi connectivity index (χ2v) is 9.25. The van der Waals surface area contributed by atoms with Gasteiger partial charge in [0.15, 0.2) is 11.8 Å². The average molecular weight is 489 g/mol. The zero-order valence-electron chi connectivity index (χ0n) is 18.4. The van der Waals surface area contributed by atoms with Gasteiger partial charge in [-0.1, -0.05) is 23.7 Å². The number of methoxy groups -OCH3 is 1. The Bertz CT molecular complexity index is 1190. The third kappa shape index (κ3) is 3.80. The van der Waals surface area contributed by atoms with Crippen molar-refractivity contribution < 1.29 is 29.2 Å². The Morgan fingerprint density at radius 1 is 1.03 bits per heavy atom. The van der Waals surface area contributed by atoms with E-state index in [1.54, 1.807) is 13.2 Å². The molecule has 1 aromatic carbocycles. The third-order valence-corrected chi connectivity index (χ3v) is 6.98. The molecular formula is C23H25ClN4O6. The summed E-state index contributed by atoms with van der Waals surface area (Å²) in [5, 5.41) is 20.5. The minimum absolute atomic E-state index is 0.193. The number of aromatic nitrogens is 3. The summed E-state index contributed by atoms with van der Waals surface area (Å²) in [6.45, 7) is 1.71. The SMILES string of the molecule is CO[C@H]1CN(c2ccc(-c3nc4nc(O[C@@H]5COC6[C@H](O)CO[C@@H]65)[nH]c4cc3Cl)cc2)C[C@@H]1O. The van der Waals surface area contributed by atoms with E-state index < -0.39 is 12.2 Å². The molecule has 6 rings (SSSR count). The number of aliphatic hydroxyl groups excluding tert-OH is 2. The highest BCUT2D eigenvalue weighted by Crippen LogP contribution is 2.33. The van der Waals surface area contributed by atoms with Crippen LogP contribution in [0.25, 0.3) is 22.4 Å². The lowest BCUT2D eigenvalue weighted by molar-refractivity contribution is 0.00706. The largest absolute Gasteiger partial charge is 0.456 e. The van der Waals surface area contributed by atoms with Crippen LogP contribution in [-0.4, -0.2) is 95.2 Å². The highest BCUT2D eigenvalue weighted by molar-refractivity contribution is 6.33. The number of aromatic amines is 1. The van der Waals surface area contributed by atoms with Crippen molar-refractivity contribution in [2.75, 3.05) is 38.3 Å². The number of ether oxygens (including phenoxy) is 4. The summed E-state index contributed by atoms with van der Waals surface area (Å²) in [7, 11) is 1.61. The van der Waals surface area contributed by atoms with E-state index in [0.29, 0.717) is 47.6 Å². The molecule has 0 amide bonds. The van der Waals surface area contributed by atoms with Crippen molar-refractivity contribution >= 4 is 28.5 Å². The van der Waals surface area contributed by atoms with Gasteiger partial charge in [-0.15, -0.1) is 0 Å². The second-order valence-electron chi connectivity index (χ2n) is 8.84. The molecule has 0 saturated carbocycles. The van der Waals surface area contributed by atoms with E-state index in [0.717, 1.165) is 11.3 Å². The number of anilines is 1. The van der Waals surface area contributed by atoms with Gasteiger partial charge in [0.25, 0.3) is 6.01 Å². The maximum atomic E-state index is 10.1. The van der Waals surface area contributed by atoms with E-state index in [4.69, 9.17) is 30.5 Å². The second kappa shape index (κ2) is 8.63. The molecule has 3 fully saturated rings. The van der Waals surface area contributed by atoms with Gasteiger partial charge < -0.3 is 39.0 Å². The third-order valence-electron chi connectivity index (χ3n) is 6.70. The van der Waals surface area contributed by atoms with Gasteiger partial charge in [-0.3, -0.25) is 0 Å². The molecule has 34 heavy (non-hydrogen) atoms. The molecular weight excluding hydrogens is 464 g/mol. The Morgan fingerprint density at radius 2 is 1.82 bits per heavy atom. The molecule has 3 saturated heterocycles. The van der Waals surface area contributed by atoms with Crippen molar-refractivity contribution in [2.24, 2.45) is 0 Å². The van der Waals surface area contributed by atoms with Crippen molar-refractivity contribution in [3.05, 3.63) is 35.4 Å². The number of nitrogens with zero attached hydrogens (tertiary/aromatic N) is 3. The number of halogens is 1. The first-order valence-corrected chi connectivity index (χ1v) is 11.6. The molecule has 11 heteroatoms. The first kappa shape index (κ1) is 22.0. The first-order valence-electron chi connectivity index (χ1n) is 11.2. The number of nitrogens with one attached hydrogen (secondary N) is 1. The van der Waals surface area contributed by atoms with Crippen LogP contribution in [0.2, 0.25) is 5.02 Å². The monoisotopic (exact) mass is 488 g/mol. The van der Waals surface area contributed by atoms with Crippen LogP contribution in [0.15, 0.2) is 30.3 Å². The maximum Gasteiger partial charge on any atom is 0.296 e. The molecule has 0 bridgehead atoms. The van der Waals surface area contributed by atoms with Gasteiger partial charge in [0.05, 0.1) is 35.6 Å². The molecule has 10 nitrogen and oxygen atoms in total. The van der Waals surface area contributed by atoms with Gasteiger partial charge in [-0.2, -0.15) is 4.98 Å². The van der Waals surface area contributed by atoms with Crippen LogP contribution < -0.4 is 9.64 Å². The zero-order chi connectivity index (χ0) is 23.4. The maximum absolute atomic E-state index is 10.1. The number of fused-ring (bicyclic) bond motifs is 2. The van der Waals surface area contributed by atoms with Crippen LogP contribution in [-0.2, 0) is 14.2 Å². The Balaban J connectivity index is 1.21. The van der Waals surface area contributed by atoms with Gasteiger partial charge in [0.1, 0.15) is 24.4 Å². The predicted octanol–water partition coefficient (Wildman–Crippen LogP) is 1.38. The minimum Gasteiger partial charge on any atom is -0.456 e. The highest BCUT2D eigenvalue weighted by atomic mass is 35.5. The molecule has 6 atom stereocenters. The van der Waals surface area contributed by atoms with Crippen molar-refractivity contribution in [2.45, 2.75) is 36.6 Å². The predicted molar refractivity (Wildman–Crippen MR) is 123 cm³/mol. The summed E-state index contributed by atoms with van der Waals surface area (Å²) in [5.41, 5.74) is 3.59. The molecule has 1 unspecified atom stereocenters. The van der Waals surface area contributed by atoms with Crippen LogP contribution in [0.4, 0.5) is 5.69 Å². The molecule has 3 aliphatic heterocycles. The number of imidazole rings is 1. The summed E-state index contributed by atoms with van der Waals surface area (Å²) in [5.74, 6) is 0. The molecule has 5 heterocycles. The Labute approximate surface area is 200 Å². The Kier molecular flexibility index (Phi) is 5.59. The van der Waals surface area contributed by atoms with Crippen LogP contribution in [0.1, 0.15) is 0 Å². The lowest BCUT2D eigenvalue weighted by atomic mass is 10.1. The Morgan fingerprint density at radius 3 is 2.59 bits per heavy atom. The lowest BCUT2D eigenvalue weighted by Gasteiger charge is -2.18. The molecule has 3 aromatic rings. The smallest absolute Gasteiger partial charge is 0.296 e. The summed E-state index contributed by atoms with van der Waals surface area (Å²) >= 11 is 6.55. The number of hydrogen-bond acceptors (Lipinski definition) is 9. The molecule has 3 N–H and O–H groups in total. The quantitative estimate of drug-likeness (QED) is 0.488. The summed E-state index contributed by atoms with van der Waals surface area (Å²) in [6.07, 6.45) is -2.41. The number of β-amino-alcohol motifs (C(OH)–C–C–N with tert-alkyl or cyclic N) is 1. The van der Waals surface area contributed by atoms with E-state index in [1.165, 1.54) is 0 Å². The highest BCUT2D eigenvalue weighted by Gasteiger charge is 2.48. The van der Waals surface area contributed by atoms with E-state index in [1.807, 2.05) is 24.3 Å². The van der Waals surface area contributed by atoms with E-state index in [2.05, 4.69) is 19.9 Å². The van der Waals surface area contributed by atoms with Crippen molar-refractivity contribution in [3.8, 4) is 17.3 Å². The van der Waals surface area contributed by atoms with Crippen LogP contribution in [0.5, 0.6) is 6.01 Å². The molecule has 3 aliphatic rings. The zero-order valence-corrected chi connectivity index (χ0v) is 19.2. The molecule has 0 spiro atoms. The minimum atomic E-state index is -0.638. The molecule has 180 valence electrons. The van der Waals surface area contributed by atoms with Gasteiger partial charge >= 0.3 is 0 Å². The number of hydrogen-bond donors (Lipinski definition) is 3. The fraction of sp³-hybridized carbons (Fsp3) is 0.478. The number of benzene rings is 1. The van der Waals surface area contributed by atoms with Crippen LogP contribution in [0, 0.1) is 0 Å². The van der Waals surface area contributed by atoms with Crippen molar-refractivity contribution in [3.63, 3.8) is 0 Å². The molecule has 0 aliphatic carbocycles.